The molecule has 2 aromatic rings. The van der Waals surface area contributed by atoms with E-state index in [0.29, 0.717) is 19.0 Å². The van der Waals surface area contributed by atoms with E-state index in [1.54, 1.807) is 24.1 Å². The van der Waals surface area contributed by atoms with Gasteiger partial charge in [-0.25, -0.2) is 9.18 Å². The number of amides is 2. The van der Waals surface area contributed by atoms with Gasteiger partial charge in [0, 0.05) is 19.4 Å². The number of halogens is 2. The maximum absolute atomic E-state index is 13.1. The van der Waals surface area contributed by atoms with Crippen molar-refractivity contribution in [3.63, 3.8) is 0 Å². The van der Waals surface area contributed by atoms with Crippen LogP contribution in [-0.4, -0.2) is 29.5 Å². The number of nitrogens with one attached hydrogen (secondary N) is 2. The molecule has 21 heavy (non-hydrogen) atoms. The summed E-state index contributed by atoms with van der Waals surface area (Å²) in [5.41, 5.74) is 0.188. The Morgan fingerprint density at radius 1 is 1.43 bits per heavy atom. The monoisotopic (exact) mass is 312 g/mol. The molecule has 0 aliphatic carbocycles. The first-order chi connectivity index (χ1) is 10.1. The molecule has 8 heteroatoms. The van der Waals surface area contributed by atoms with Gasteiger partial charge in [-0.15, -0.1) is 0 Å². The largest absolute Gasteiger partial charge is 0.383 e. The van der Waals surface area contributed by atoms with Crippen molar-refractivity contribution in [1.82, 2.24) is 9.78 Å². The number of urea groups is 1. The number of benzene rings is 1. The second-order valence-electron chi connectivity index (χ2n) is 4.16. The quantitative estimate of drug-likeness (QED) is 0.892. The van der Waals surface area contributed by atoms with E-state index in [-0.39, 0.29) is 10.7 Å². The first kappa shape index (κ1) is 15.3. The van der Waals surface area contributed by atoms with E-state index in [4.69, 9.17) is 16.3 Å². The van der Waals surface area contributed by atoms with Crippen molar-refractivity contribution in [1.29, 1.82) is 0 Å². The third kappa shape index (κ3) is 4.44. The minimum Gasteiger partial charge on any atom is -0.383 e. The molecular formula is C13H14ClFN4O2. The van der Waals surface area contributed by atoms with Crippen LogP contribution in [0, 0.1) is 5.82 Å². The summed E-state index contributed by atoms with van der Waals surface area (Å²) < 4.78 is 19.7. The molecule has 0 aliphatic heterocycles. The predicted molar refractivity (Wildman–Crippen MR) is 78.2 cm³/mol. The normalized spacial score (nSPS) is 10.4. The van der Waals surface area contributed by atoms with Gasteiger partial charge in [-0.3, -0.25) is 10.00 Å². The number of ether oxygens (including phenoxy) is 1. The van der Waals surface area contributed by atoms with Crippen LogP contribution in [-0.2, 0) is 11.3 Å². The van der Waals surface area contributed by atoms with Gasteiger partial charge >= 0.3 is 6.03 Å². The fraction of sp³-hybridized carbons (Fsp3) is 0.231. The third-order valence-corrected chi connectivity index (χ3v) is 2.91. The van der Waals surface area contributed by atoms with E-state index in [1.165, 1.54) is 12.1 Å². The molecule has 0 unspecified atom stereocenters. The van der Waals surface area contributed by atoms with Gasteiger partial charge in [0.2, 0.25) is 0 Å². The van der Waals surface area contributed by atoms with Gasteiger partial charge in [-0.2, -0.15) is 5.10 Å². The lowest BCUT2D eigenvalue weighted by Crippen LogP contribution is -2.20. The third-order valence-electron chi connectivity index (χ3n) is 2.58. The lowest BCUT2D eigenvalue weighted by Gasteiger charge is -2.07. The summed E-state index contributed by atoms with van der Waals surface area (Å²) in [6, 6.07) is 4.80. The number of carbonyl (C=O) groups excluding carboxylic acids is 1. The van der Waals surface area contributed by atoms with E-state index in [1.807, 2.05) is 0 Å². The number of hydrogen-bond acceptors (Lipinski definition) is 3. The molecule has 1 aromatic carbocycles. The molecule has 0 fully saturated rings. The van der Waals surface area contributed by atoms with E-state index in [0.717, 1.165) is 6.07 Å². The van der Waals surface area contributed by atoms with Gasteiger partial charge in [-0.1, -0.05) is 11.6 Å². The molecule has 1 heterocycles. The minimum absolute atomic E-state index is 0.188. The second-order valence-corrected chi connectivity index (χ2v) is 4.57. The fourth-order valence-corrected chi connectivity index (χ4v) is 1.77. The summed E-state index contributed by atoms with van der Waals surface area (Å²) >= 11 is 5.86. The van der Waals surface area contributed by atoms with Crippen LogP contribution < -0.4 is 10.6 Å². The summed E-state index contributed by atoms with van der Waals surface area (Å²) in [4.78, 5) is 11.8. The SMILES string of the molecule is COCCn1ccc(NC(=O)Nc2cc(F)ccc2Cl)n1. The highest BCUT2D eigenvalue weighted by Gasteiger charge is 2.08. The Kier molecular flexibility index (Phi) is 5.13. The topological polar surface area (TPSA) is 68.2 Å². The lowest BCUT2D eigenvalue weighted by atomic mass is 10.3. The van der Waals surface area contributed by atoms with Crippen LogP contribution in [0.2, 0.25) is 5.02 Å². The number of rotatable bonds is 5. The summed E-state index contributed by atoms with van der Waals surface area (Å²) in [5.74, 6) is -0.116. The lowest BCUT2D eigenvalue weighted by molar-refractivity contribution is 0.183. The summed E-state index contributed by atoms with van der Waals surface area (Å²) in [5, 5.41) is 9.36. The van der Waals surface area contributed by atoms with Crippen molar-refractivity contribution in [3.8, 4) is 0 Å². The first-order valence-corrected chi connectivity index (χ1v) is 6.52. The molecule has 0 aliphatic rings. The van der Waals surface area contributed by atoms with Crippen LogP contribution in [0.1, 0.15) is 0 Å². The second kappa shape index (κ2) is 7.05. The van der Waals surface area contributed by atoms with Crippen LogP contribution >= 0.6 is 11.6 Å². The predicted octanol–water partition coefficient (Wildman–Crippen LogP) is 2.97. The molecular weight excluding hydrogens is 299 g/mol. The Labute approximate surface area is 125 Å². The Bertz CT molecular complexity index is 632. The van der Waals surface area contributed by atoms with E-state index in [2.05, 4.69) is 15.7 Å². The number of carbonyl (C=O) groups is 1. The Balaban J connectivity index is 1.95. The van der Waals surface area contributed by atoms with Crippen molar-refractivity contribution in [2.45, 2.75) is 6.54 Å². The number of hydrogen-bond donors (Lipinski definition) is 2. The zero-order valence-electron chi connectivity index (χ0n) is 11.3. The molecule has 1 aromatic heterocycles. The van der Waals surface area contributed by atoms with Gasteiger partial charge in [0.05, 0.1) is 23.9 Å². The molecule has 2 N–H and O–H groups in total. The molecule has 0 radical (unpaired) electrons. The zero-order chi connectivity index (χ0) is 15.2. The zero-order valence-corrected chi connectivity index (χ0v) is 12.0. The maximum atomic E-state index is 13.1. The van der Waals surface area contributed by atoms with Gasteiger partial charge in [0.15, 0.2) is 5.82 Å². The summed E-state index contributed by atoms with van der Waals surface area (Å²) in [7, 11) is 1.60. The highest BCUT2D eigenvalue weighted by molar-refractivity contribution is 6.33. The van der Waals surface area contributed by atoms with E-state index >= 15 is 0 Å². The number of anilines is 2. The Hall–Kier alpha value is -2.12. The van der Waals surface area contributed by atoms with Crippen LogP contribution in [0.5, 0.6) is 0 Å². The Morgan fingerprint density at radius 2 is 2.24 bits per heavy atom. The van der Waals surface area contributed by atoms with E-state index in [9.17, 15) is 9.18 Å². The molecule has 2 rings (SSSR count). The standard InChI is InChI=1S/C13H14ClFN4O2/c1-21-7-6-19-5-4-12(18-19)17-13(20)16-11-8-9(15)2-3-10(11)14/h2-5,8H,6-7H2,1H3,(H2,16,17,18,20). The average Bonchev–Trinajstić information content (AvgIpc) is 2.88. The van der Waals surface area contributed by atoms with Gasteiger partial charge in [-0.05, 0) is 18.2 Å². The molecule has 6 nitrogen and oxygen atoms in total. The first-order valence-electron chi connectivity index (χ1n) is 6.14. The van der Waals surface area contributed by atoms with Crippen LogP contribution in [0.4, 0.5) is 20.7 Å². The van der Waals surface area contributed by atoms with Crippen LogP contribution in [0.25, 0.3) is 0 Å². The maximum Gasteiger partial charge on any atom is 0.324 e. The number of aromatic nitrogens is 2. The Morgan fingerprint density at radius 3 is 3.00 bits per heavy atom. The van der Waals surface area contributed by atoms with Crippen molar-refractivity contribution in [2.24, 2.45) is 0 Å². The molecule has 2 amide bonds. The van der Waals surface area contributed by atoms with Crippen molar-refractivity contribution in [3.05, 3.63) is 41.3 Å². The highest BCUT2D eigenvalue weighted by Crippen LogP contribution is 2.22. The van der Waals surface area contributed by atoms with Crippen molar-refractivity contribution >= 4 is 29.1 Å². The average molecular weight is 313 g/mol. The fourth-order valence-electron chi connectivity index (χ4n) is 1.60. The van der Waals surface area contributed by atoms with Gasteiger partial charge in [0.25, 0.3) is 0 Å². The minimum atomic E-state index is -0.556. The van der Waals surface area contributed by atoms with Crippen LogP contribution in [0.15, 0.2) is 30.5 Å². The number of nitrogens with zero attached hydrogens (tertiary/aromatic N) is 2. The van der Waals surface area contributed by atoms with Gasteiger partial charge < -0.3 is 10.1 Å². The van der Waals surface area contributed by atoms with Crippen molar-refractivity contribution < 1.29 is 13.9 Å². The van der Waals surface area contributed by atoms with Gasteiger partial charge in [0.1, 0.15) is 5.82 Å². The molecule has 0 saturated carbocycles. The molecule has 0 spiro atoms. The molecule has 0 bridgehead atoms. The smallest absolute Gasteiger partial charge is 0.324 e. The molecule has 0 atom stereocenters. The summed E-state index contributed by atoms with van der Waals surface area (Å²) in [6.07, 6.45) is 1.71. The summed E-state index contributed by atoms with van der Waals surface area (Å²) in [6.45, 7) is 1.10. The molecule has 112 valence electrons. The van der Waals surface area contributed by atoms with Crippen LogP contribution in [0.3, 0.4) is 0 Å². The van der Waals surface area contributed by atoms with E-state index < -0.39 is 11.8 Å². The highest BCUT2D eigenvalue weighted by atomic mass is 35.5. The van der Waals surface area contributed by atoms with Crippen molar-refractivity contribution in [2.75, 3.05) is 24.4 Å². The molecule has 0 saturated heterocycles. The number of methoxy groups -OCH3 is 1.